The minimum Gasteiger partial charge on any atom is -0.352 e. The van der Waals surface area contributed by atoms with Crippen molar-refractivity contribution >= 4 is 17.6 Å². The summed E-state index contributed by atoms with van der Waals surface area (Å²) in [6.07, 6.45) is 1.94. The molecule has 2 N–H and O–H groups in total. The Bertz CT molecular complexity index is 1110. The van der Waals surface area contributed by atoms with Gasteiger partial charge in [-0.25, -0.2) is 4.79 Å². The predicted octanol–water partition coefficient (Wildman–Crippen LogP) is 5.06. The zero-order valence-corrected chi connectivity index (χ0v) is 19.3. The number of nitrogens with one attached hydrogen (secondary N) is 2. The highest BCUT2D eigenvalue weighted by Crippen LogP contribution is 2.19. The summed E-state index contributed by atoms with van der Waals surface area (Å²) < 4.78 is 0. The van der Waals surface area contributed by atoms with Gasteiger partial charge in [0.2, 0.25) is 5.91 Å². The molecule has 0 fully saturated rings. The topological polar surface area (TPSA) is 61.4 Å². The van der Waals surface area contributed by atoms with Crippen LogP contribution in [0.25, 0.3) is 0 Å². The molecule has 0 unspecified atom stereocenters. The van der Waals surface area contributed by atoms with Crippen LogP contribution in [0.5, 0.6) is 0 Å². The van der Waals surface area contributed by atoms with Crippen LogP contribution in [0.1, 0.15) is 27.8 Å². The molecule has 170 valence electrons. The van der Waals surface area contributed by atoms with Crippen LogP contribution in [-0.2, 0) is 24.3 Å². The maximum atomic E-state index is 12.8. The second-order valence-corrected chi connectivity index (χ2v) is 8.16. The second kappa shape index (κ2) is 11.7. The molecule has 0 atom stereocenters. The van der Waals surface area contributed by atoms with Crippen LogP contribution in [0, 0.1) is 13.8 Å². The Hall–Kier alpha value is -3.86. The molecule has 0 aliphatic rings. The van der Waals surface area contributed by atoms with Gasteiger partial charge in [-0.05, 0) is 42.7 Å². The van der Waals surface area contributed by atoms with Gasteiger partial charge in [-0.3, -0.25) is 9.69 Å². The molecule has 0 aliphatic carbocycles. The van der Waals surface area contributed by atoms with Crippen molar-refractivity contribution in [3.8, 4) is 0 Å². The first kappa shape index (κ1) is 23.8. The average molecular weight is 442 g/mol. The van der Waals surface area contributed by atoms with Crippen LogP contribution in [0.4, 0.5) is 10.5 Å². The summed E-state index contributed by atoms with van der Waals surface area (Å²) in [6.45, 7) is 9.08. The van der Waals surface area contributed by atoms with E-state index in [9.17, 15) is 9.59 Å². The molecule has 0 aromatic heterocycles. The van der Waals surface area contributed by atoms with E-state index in [1.165, 1.54) is 5.56 Å². The number of benzene rings is 3. The third kappa shape index (κ3) is 7.35. The van der Waals surface area contributed by atoms with Crippen LogP contribution < -0.4 is 15.5 Å². The molecule has 0 saturated heterocycles. The number of aryl methyl sites for hydroxylation is 2. The van der Waals surface area contributed by atoms with Crippen molar-refractivity contribution in [1.82, 2.24) is 10.6 Å². The van der Waals surface area contributed by atoms with Gasteiger partial charge in [0, 0.05) is 18.8 Å². The van der Waals surface area contributed by atoms with Gasteiger partial charge in [0.25, 0.3) is 0 Å². The Labute approximate surface area is 196 Å². The molecule has 5 heteroatoms. The van der Waals surface area contributed by atoms with Crippen molar-refractivity contribution < 1.29 is 9.59 Å². The molecule has 0 spiro atoms. The Morgan fingerprint density at radius 3 is 2.12 bits per heavy atom. The first-order valence-corrected chi connectivity index (χ1v) is 11.1. The van der Waals surface area contributed by atoms with Gasteiger partial charge in [-0.2, -0.15) is 0 Å². The summed E-state index contributed by atoms with van der Waals surface area (Å²) in [5.74, 6) is -0.0374. The Morgan fingerprint density at radius 2 is 1.48 bits per heavy atom. The van der Waals surface area contributed by atoms with Crippen molar-refractivity contribution in [2.45, 2.75) is 33.4 Å². The summed E-state index contributed by atoms with van der Waals surface area (Å²) >= 11 is 0. The van der Waals surface area contributed by atoms with E-state index in [2.05, 4.69) is 29.3 Å². The molecule has 3 rings (SSSR count). The zero-order chi connectivity index (χ0) is 23.6. The minimum absolute atomic E-state index is 0.0374. The first-order chi connectivity index (χ1) is 15.9. The molecule has 0 aliphatic heterocycles. The fraction of sp³-hybridized carbons (Fsp3) is 0.214. The summed E-state index contributed by atoms with van der Waals surface area (Å²) in [4.78, 5) is 26.9. The molecular formula is C28H31N3O2. The molecule has 33 heavy (non-hydrogen) atoms. The summed E-state index contributed by atoms with van der Waals surface area (Å²) in [6, 6.07) is 23.5. The van der Waals surface area contributed by atoms with Gasteiger partial charge in [-0.1, -0.05) is 77.9 Å². The minimum atomic E-state index is -0.194. The molecule has 0 radical (unpaired) electrons. The third-order valence-electron chi connectivity index (χ3n) is 5.25. The number of amides is 3. The predicted molar refractivity (Wildman–Crippen MR) is 134 cm³/mol. The Morgan fingerprint density at radius 1 is 0.848 bits per heavy atom. The summed E-state index contributed by atoms with van der Waals surface area (Å²) in [7, 11) is 0. The van der Waals surface area contributed by atoms with E-state index < -0.39 is 0 Å². The third-order valence-corrected chi connectivity index (χ3v) is 5.25. The van der Waals surface area contributed by atoms with E-state index in [-0.39, 0.29) is 18.4 Å². The first-order valence-electron chi connectivity index (χ1n) is 11.1. The largest absolute Gasteiger partial charge is 0.352 e. The highest BCUT2D eigenvalue weighted by atomic mass is 16.2. The maximum absolute atomic E-state index is 12.8. The van der Waals surface area contributed by atoms with Crippen LogP contribution in [-0.4, -0.2) is 18.5 Å². The lowest BCUT2D eigenvalue weighted by molar-refractivity contribution is -0.120. The highest BCUT2D eigenvalue weighted by Gasteiger charge is 2.16. The van der Waals surface area contributed by atoms with Crippen LogP contribution in [0.3, 0.4) is 0 Å². The van der Waals surface area contributed by atoms with Gasteiger partial charge in [-0.15, -0.1) is 6.58 Å². The fourth-order valence-electron chi connectivity index (χ4n) is 3.59. The lowest BCUT2D eigenvalue weighted by Gasteiger charge is -2.23. The number of nitrogens with zero attached hydrogens (tertiary/aromatic N) is 1. The van der Waals surface area contributed by atoms with Gasteiger partial charge in [0.15, 0.2) is 0 Å². The quantitative estimate of drug-likeness (QED) is 0.456. The molecule has 0 bridgehead atoms. The number of hydrogen-bond donors (Lipinski definition) is 2. The molecule has 0 heterocycles. The summed E-state index contributed by atoms with van der Waals surface area (Å²) in [5.41, 5.74) is 6.10. The highest BCUT2D eigenvalue weighted by molar-refractivity contribution is 5.92. The van der Waals surface area contributed by atoms with Crippen LogP contribution in [0.15, 0.2) is 85.5 Å². The maximum Gasteiger partial charge on any atom is 0.322 e. The van der Waals surface area contributed by atoms with E-state index in [0.29, 0.717) is 19.6 Å². The van der Waals surface area contributed by atoms with Crippen molar-refractivity contribution in [2.24, 2.45) is 0 Å². The smallest absolute Gasteiger partial charge is 0.322 e. The van der Waals surface area contributed by atoms with Gasteiger partial charge < -0.3 is 10.6 Å². The number of urea groups is 1. The van der Waals surface area contributed by atoms with E-state index in [1.807, 2.05) is 74.5 Å². The SMILES string of the molecule is C=CCNC(=O)N(Cc1cccc(C)c1)c1ccc(CC(=O)NCc2cccc(C)c2)cc1. The lowest BCUT2D eigenvalue weighted by Crippen LogP contribution is -2.39. The molecular weight excluding hydrogens is 410 g/mol. The van der Waals surface area contributed by atoms with E-state index in [4.69, 9.17) is 0 Å². The van der Waals surface area contributed by atoms with Crippen LogP contribution >= 0.6 is 0 Å². The summed E-state index contributed by atoms with van der Waals surface area (Å²) in [5, 5.41) is 5.82. The normalized spacial score (nSPS) is 10.4. The van der Waals surface area contributed by atoms with Crippen LogP contribution in [0.2, 0.25) is 0 Å². The standard InChI is InChI=1S/C28H31N3O2/c1-4-15-29-28(33)31(20-25-10-6-8-22(3)17-25)26-13-11-23(12-14-26)18-27(32)30-19-24-9-5-7-21(2)16-24/h4-14,16-17H,1,15,18-20H2,2-3H3,(H,29,33)(H,30,32). The van der Waals surface area contributed by atoms with E-state index >= 15 is 0 Å². The van der Waals surface area contributed by atoms with Gasteiger partial charge in [0.1, 0.15) is 0 Å². The number of carbonyl (C=O) groups excluding carboxylic acids is 2. The molecule has 3 aromatic rings. The van der Waals surface area contributed by atoms with Crippen molar-refractivity contribution in [2.75, 3.05) is 11.4 Å². The Kier molecular flexibility index (Phi) is 8.42. The van der Waals surface area contributed by atoms with Crippen molar-refractivity contribution in [3.05, 3.63) is 113 Å². The van der Waals surface area contributed by atoms with Crippen molar-refractivity contribution in [1.29, 1.82) is 0 Å². The monoisotopic (exact) mass is 441 g/mol. The average Bonchev–Trinajstić information content (AvgIpc) is 2.80. The molecule has 0 saturated carbocycles. The molecule has 3 aromatic carbocycles. The lowest BCUT2D eigenvalue weighted by atomic mass is 10.1. The van der Waals surface area contributed by atoms with Crippen molar-refractivity contribution in [3.63, 3.8) is 0 Å². The van der Waals surface area contributed by atoms with E-state index in [0.717, 1.165) is 27.9 Å². The number of carbonyl (C=O) groups is 2. The zero-order valence-electron chi connectivity index (χ0n) is 19.3. The Balaban J connectivity index is 1.66. The van der Waals surface area contributed by atoms with E-state index in [1.54, 1.807) is 11.0 Å². The number of anilines is 1. The molecule has 5 nitrogen and oxygen atoms in total. The van der Waals surface area contributed by atoms with Gasteiger partial charge >= 0.3 is 6.03 Å². The molecule has 3 amide bonds. The number of rotatable bonds is 9. The van der Waals surface area contributed by atoms with Gasteiger partial charge in [0.05, 0.1) is 13.0 Å². The second-order valence-electron chi connectivity index (χ2n) is 8.16. The fourth-order valence-corrected chi connectivity index (χ4v) is 3.59. The number of hydrogen-bond acceptors (Lipinski definition) is 2.